The number of halogens is 1. The molecule has 0 aromatic carbocycles. The Kier molecular flexibility index (Phi) is 4.06. The number of carboxylic acid groups (broad SMARTS) is 1. The summed E-state index contributed by atoms with van der Waals surface area (Å²) in [6, 6.07) is 1.36. The van der Waals surface area contributed by atoms with E-state index in [1.54, 1.807) is 0 Å². The van der Waals surface area contributed by atoms with Crippen molar-refractivity contribution in [3.8, 4) is 0 Å². The molecule has 78 valence electrons. The van der Waals surface area contributed by atoms with E-state index in [1.807, 2.05) is 0 Å². The van der Waals surface area contributed by atoms with Crippen LogP contribution in [0.4, 0.5) is 0 Å². The third kappa shape index (κ3) is 2.54. The maximum atomic E-state index is 10.5. The number of aliphatic hydroxyl groups is 2. The lowest BCUT2D eigenvalue weighted by Gasteiger charge is -2.12. The summed E-state index contributed by atoms with van der Waals surface area (Å²) in [5.74, 6) is -1.03. The van der Waals surface area contributed by atoms with Crippen LogP contribution >= 0.6 is 27.3 Å². The van der Waals surface area contributed by atoms with Gasteiger partial charge in [0.25, 0.3) is 0 Å². The van der Waals surface area contributed by atoms with Gasteiger partial charge in [-0.15, -0.1) is 11.3 Å². The molecule has 0 amide bonds. The zero-order valence-electron chi connectivity index (χ0n) is 7.05. The standard InChI is InChI=1S/C8H9BrO4S/c9-2-5(10)7(11)6-1-4(3-14-6)8(12)13/h1,3,5,7,10-11H,2H2,(H,12,13). The zero-order valence-corrected chi connectivity index (χ0v) is 9.46. The van der Waals surface area contributed by atoms with Crippen LogP contribution in [0.2, 0.25) is 0 Å². The van der Waals surface area contributed by atoms with Crippen molar-refractivity contribution in [2.45, 2.75) is 12.2 Å². The van der Waals surface area contributed by atoms with Gasteiger partial charge in [-0.3, -0.25) is 0 Å². The second kappa shape index (κ2) is 4.88. The molecule has 1 aromatic heterocycles. The minimum absolute atomic E-state index is 0.130. The maximum absolute atomic E-state index is 10.5. The second-order valence-corrected chi connectivity index (χ2v) is 4.30. The molecule has 4 nitrogen and oxygen atoms in total. The SMILES string of the molecule is O=C(O)c1csc(C(O)C(O)CBr)c1. The van der Waals surface area contributed by atoms with Crippen molar-refractivity contribution in [1.82, 2.24) is 0 Å². The van der Waals surface area contributed by atoms with Crippen molar-refractivity contribution >= 4 is 33.2 Å². The van der Waals surface area contributed by atoms with Gasteiger partial charge in [-0.25, -0.2) is 4.79 Å². The Morgan fingerprint density at radius 2 is 2.21 bits per heavy atom. The van der Waals surface area contributed by atoms with Crippen LogP contribution < -0.4 is 0 Å². The highest BCUT2D eigenvalue weighted by atomic mass is 79.9. The van der Waals surface area contributed by atoms with Crippen molar-refractivity contribution < 1.29 is 20.1 Å². The van der Waals surface area contributed by atoms with E-state index in [0.29, 0.717) is 4.88 Å². The first-order valence-electron chi connectivity index (χ1n) is 3.80. The molecule has 0 spiro atoms. The van der Waals surface area contributed by atoms with E-state index < -0.39 is 18.2 Å². The predicted molar refractivity (Wildman–Crippen MR) is 56.0 cm³/mol. The fourth-order valence-electron chi connectivity index (χ4n) is 0.894. The van der Waals surface area contributed by atoms with E-state index in [1.165, 1.54) is 11.4 Å². The molecule has 0 radical (unpaired) electrons. The molecule has 3 N–H and O–H groups in total. The number of carboxylic acids is 1. The summed E-state index contributed by atoms with van der Waals surface area (Å²) < 4.78 is 0. The number of carbonyl (C=O) groups is 1. The van der Waals surface area contributed by atoms with Crippen LogP contribution in [0, 0.1) is 0 Å². The zero-order chi connectivity index (χ0) is 10.7. The van der Waals surface area contributed by atoms with E-state index in [9.17, 15) is 15.0 Å². The summed E-state index contributed by atoms with van der Waals surface area (Å²) in [4.78, 5) is 11.0. The molecule has 14 heavy (non-hydrogen) atoms. The van der Waals surface area contributed by atoms with Crippen molar-refractivity contribution in [1.29, 1.82) is 0 Å². The maximum Gasteiger partial charge on any atom is 0.336 e. The van der Waals surface area contributed by atoms with E-state index in [4.69, 9.17) is 5.11 Å². The lowest BCUT2D eigenvalue weighted by atomic mass is 10.2. The summed E-state index contributed by atoms with van der Waals surface area (Å²) in [5, 5.41) is 29.1. The molecule has 0 aliphatic carbocycles. The number of rotatable bonds is 4. The molecule has 0 aliphatic heterocycles. The molecule has 2 atom stereocenters. The normalized spacial score (nSPS) is 15.1. The van der Waals surface area contributed by atoms with Crippen LogP contribution in [-0.2, 0) is 0 Å². The fraction of sp³-hybridized carbons (Fsp3) is 0.375. The average Bonchev–Trinajstić information content (AvgIpc) is 2.64. The molecule has 1 heterocycles. The topological polar surface area (TPSA) is 77.8 Å². The van der Waals surface area contributed by atoms with Crippen molar-refractivity contribution in [2.75, 3.05) is 5.33 Å². The second-order valence-electron chi connectivity index (χ2n) is 2.71. The fourth-order valence-corrected chi connectivity index (χ4v) is 2.17. The van der Waals surface area contributed by atoms with E-state index in [2.05, 4.69) is 15.9 Å². The van der Waals surface area contributed by atoms with Crippen LogP contribution in [-0.4, -0.2) is 32.7 Å². The van der Waals surface area contributed by atoms with Crippen LogP contribution in [0.25, 0.3) is 0 Å². The minimum Gasteiger partial charge on any atom is -0.478 e. The van der Waals surface area contributed by atoms with Crippen LogP contribution in [0.15, 0.2) is 11.4 Å². The van der Waals surface area contributed by atoms with Crippen molar-refractivity contribution in [2.24, 2.45) is 0 Å². The molecule has 1 aromatic rings. The smallest absolute Gasteiger partial charge is 0.336 e. The minimum atomic E-state index is -1.03. The molecule has 0 aliphatic rings. The van der Waals surface area contributed by atoms with E-state index in [-0.39, 0.29) is 10.9 Å². The third-order valence-electron chi connectivity index (χ3n) is 1.68. The van der Waals surface area contributed by atoms with Gasteiger partial charge in [0.2, 0.25) is 0 Å². The van der Waals surface area contributed by atoms with Gasteiger partial charge in [0, 0.05) is 15.6 Å². The Hall–Kier alpha value is -0.430. The Morgan fingerprint density at radius 1 is 1.57 bits per heavy atom. The Labute approximate surface area is 92.9 Å². The monoisotopic (exact) mass is 280 g/mol. The average molecular weight is 281 g/mol. The first kappa shape index (κ1) is 11.6. The van der Waals surface area contributed by atoms with Gasteiger partial charge in [-0.1, -0.05) is 15.9 Å². The summed E-state index contributed by atoms with van der Waals surface area (Å²) >= 11 is 4.14. The molecule has 0 saturated heterocycles. The lowest BCUT2D eigenvalue weighted by molar-refractivity contribution is 0.0365. The summed E-state index contributed by atoms with van der Waals surface area (Å²) in [5.41, 5.74) is 0.130. The Bertz CT molecular complexity index is 325. The number of hydrogen-bond donors (Lipinski definition) is 3. The summed E-state index contributed by atoms with van der Waals surface area (Å²) in [6.07, 6.45) is -1.96. The van der Waals surface area contributed by atoms with Crippen molar-refractivity contribution in [3.63, 3.8) is 0 Å². The largest absolute Gasteiger partial charge is 0.478 e. The molecule has 0 saturated carbocycles. The Morgan fingerprint density at radius 3 is 2.64 bits per heavy atom. The van der Waals surface area contributed by atoms with Crippen LogP contribution in [0.5, 0.6) is 0 Å². The highest BCUT2D eigenvalue weighted by Crippen LogP contribution is 2.25. The van der Waals surface area contributed by atoms with Gasteiger partial charge >= 0.3 is 5.97 Å². The Balaban J connectivity index is 2.81. The van der Waals surface area contributed by atoms with Crippen molar-refractivity contribution in [3.05, 3.63) is 21.9 Å². The van der Waals surface area contributed by atoms with E-state index >= 15 is 0 Å². The molecule has 6 heteroatoms. The van der Waals surface area contributed by atoms with Gasteiger partial charge in [0.15, 0.2) is 0 Å². The first-order valence-corrected chi connectivity index (χ1v) is 5.80. The molecular weight excluding hydrogens is 272 g/mol. The number of thiophene rings is 1. The van der Waals surface area contributed by atoms with Gasteiger partial charge in [-0.2, -0.15) is 0 Å². The molecular formula is C8H9BrO4S. The predicted octanol–water partition coefficient (Wildman–Crippen LogP) is 1.24. The van der Waals surface area contributed by atoms with E-state index in [0.717, 1.165) is 11.3 Å². The lowest BCUT2D eigenvalue weighted by Crippen LogP contribution is -2.18. The van der Waals surface area contributed by atoms with Gasteiger partial charge in [-0.05, 0) is 6.07 Å². The number of alkyl halides is 1. The molecule has 1 rings (SSSR count). The summed E-state index contributed by atoms with van der Waals surface area (Å²) in [6.45, 7) is 0. The highest BCUT2D eigenvalue weighted by Gasteiger charge is 2.20. The number of aromatic carboxylic acids is 1. The quantitative estimate of drug-likeness (QED) is 0.725. The third-order valence-corrected chi connectivity index (χ3v) is 3.35. The van der Waals surface area contributed by atoms with Gasteiger partial charge < -0.3 is 15.3 Å². The van der Waals surface area contributed by atoms with Gasteiger partial charge in [0.05, 0.1) is 11.7 Å². The van der Waals surface area contributed by atoms with Crippen LogP contribution in [0.1, 0.15) is 21.3 Å². The summed E-state index contributed by atoms with van der Waals surface area (Å²) in [7, 11) is 0. The highest BCUT2D eigenvalue weighted by molar-refractivity contribution is 9.09. The van der Waals surface area contributed by atoms with Gasteiger partial charge in [0.1, 0.15) is 6.10 Å². The number of hydrogen-bond acceptors (Lipinski definition) is 4. The molecule has 0 fully saturated rings. The molecule has 0 bridgehead atoms. The van der Waals surface area contributed by atoms with Crippen LogP contribution in [0.3, 0.4) is 0 Å². The number of aliphatic hydroxyl groups excluding tert-OH is 2. The molecule has 2 unspecified atom stereocenters. The first-order chi connectivity index (χ1) is 6.56.